The van der Waals surface area contributed by atoms with Gasteiger partial charge >= 0.3 is 6.09 Å². The van der Waals surface area contributed by atoms with Crippen molar-refractivity contribution in [1.82, 2.24) is 5.32 Å². The molecular weight excluding hydrogens is 424 g/mol. The molecule has 0 aromatic heterocycles. The van der Waals surface area contributed by atoms with Crippen LogP contribution in [-0.2, 0) is 14.6 Å². The minimum Gasteiger partial charge on any atom is -0.444 e. The number of nitrogens with two attached hydrogens (primary N) is 1. The van der Waals surface area contributed by atoms with Crippen molar-refractivity contribution in [2.45, 2.75) is 54.9 Å². The third kappa shape index (κ3) is 4.33. The fourth-order valence-electron chi connectivity index (χ4n) is 3.84. The molecule has 8 heteroatoms. The van der Waals surface area contributed by atoms with E-state index in [4.69, 9.17) is 22.1 Å². The molecule has 0 saturated heterocycles. The molecule has 3 atom stereocenters. The zero-order chi connectivity index (χ0) is 22.3. The van der Waals surface area contributed by atoms with Gasteiger partial charge in [-0.2, -0.15) is 0 Å². The Bertz CT molecular complexity index is 1050. The summed E-state index contributed by atoms with van der Waals surface area (Å²) in [6, 6.07) is 13.6. The van der Waals surface area contributed by atoms with Gasteiger partial charge in [-0.05, 0) is 57.5 Å². The Hall–Kier alpha value is -2.09. The van der Waals surface area contributed by atoms with E-state index in [-0.39, 0.29) is 11.4 Å². The lowest BCUT2D eigenvalue weighted by Crippen LogP contribution is -2.49. The number of alkyl carbamates (subject to hydrolysis) is 1. The van der Waals surface area contributed by atoms with Gasteiger partial charge in [0.1, 0.15) is 10.9 Å². The van der Waals surface area contributed by atoms with Crippen molar-refractivity contribution in [3.63, 3.8) is 0 Å². The maximum Gasteiger partial charge on any atom is 0.408 e. The Balaban J connectivity index is 2.05. The third-order valence-electron chi connectivity index (χ3n) is 5.22. The SMILES string of the molecule is Cc1ccc(S(=O)(=O)[C@@H]2[C@H](c3cccc(Cl)c3)[C@]2(CN)NC(=O)OC(C)(C)C)cc1. The van der Waals surface area contributed by atoms with E-state index < -0.39 is 38.2 Å². The van der Waals surface area contributed by atoms with E-state index in [9.17, 15) is 13.2 Å². The highest BCUT2D eigenvalue weighted by Gasteiger charge is 2.71. The van der Waals surface area contributed by atoms with Crippen molar-refractivity contribution in [2.24, 2.45) is 5.73 Å². The molecule has 3 rings (SSSR count). The van der Waals surface area contributed by atoms with Crippen LogP contribution >= 0.6 is 11.6 Å². The summed E-state index contributed by atoms with van der Waals surface area (Å²) in [6.45, 7) is 7.03. The Kier molecular flexibility index (Phi) is 5.93. The predicted octanol–water partition coefficient (Wildman–Crippen LogP) is 3.81. The van der Waals surface area contributed by atoms with Crippen molar-refractivity contribution >= 4 is 27.5 Å². The van der Waals surface area contributed by atoms with Crippen LogP contribution in [0.3, 0.4) is 0 Å². The molecule has 30 heavy (non-hydrogen) atoms. The maximum atomic E-state index is 13.5. The second kappa shape index (κ2) is 7.87. The predicted molar refractivity (Wildman–Crippen MR) is 118 cm³/mol. The minimum atomic E-state index is -3.80. The molecule has 2 aromatic carbocycles. The number of rotatable bonds is 5. The molecule has 1 aliphatic rings. The van der Waals surface area contributed by atoms with Gasteiger partial charge in [-0.15, -0.1) is 0 Å². The molecule has 6 nitrogen and oxygen atoms in total. The lowest BCUT2D eigenvalue weighted by Gasteiger charge is -2.24. The van der Waals surface area contributed by atoms with E-state index in [1.807, 2.05) is 6.92 Å². The summed E-state index contributed by atoms with van der Waals surface area (Å²) in [7, 11) is -3.80. The summed E-state index contributed by atoms with van der Waals surface area (Å²) in [5.74, 6) is -0.556. The highest BCUT2D eigenvalue weighted by atomic mass is 35.5. The van der Waals surface area contributed by atoms with Crippen molar-refractivity contribution in [2.75, 3.05) is 6.54 Å². The van der Waals surface area contributed by atoms with Gasteiger partial charge in [-0.1, -0.05) is 41.4 Å². The van der Waals surface area contributed by atoms with Crippen molar-refractivity contribution < 1.29 is 17.9 Å². The second-order valence-electron chi connectivity index (χ2n) is 8.68. The van der Waals surface area contributed by atoms with E-state index in [1.165, 1.54) is 0 Å². The fourth-order valence-corrected chi connectivity index (χ4v) is 6.39. The standard InChI is InChI=1S/C22H27ClN2O4S/c1-14-8-10-17(11-9-14)30(27,28)19-18(15-6-5-7-16(23)12-15)22(19,13-24)25-20(26)29-21(2,3)4/h5-12,18-19H,13,24H2,1-4H3,(H,25,26)/t18-,19+,22-/m0/s1. The van der Waals surface area contributed by atoms with Gasteiger partial charge in [0.05, 0.1) is 10.4 Å². The van der Waals surface area contributed by atoms with Crippen LogP contribution in [0.2, 0.25) is 5.02 Å². The first-order valence-corrected chi connectivity index (χ1v) is 11.6. The van der Waals surface area contributed by atoms with E-state index in [1.54, 1.807) is 69.3 Å². The van der Waals surface area contributed by atoms with Crippen molar-refractivity contribution in [3.8, 4) is 0 Å². The van der Waals surface area contributed by atoms with Crippen LogP contribution in [0.1, 0.15) is 37.8 Å². The monoisotopic (exact) mass is 450 g/mol. The molecule has 0 heterocycles. The number of carbonyl (C=O) groups is 1. The number of carbonyl (C=O) groups excluding carboxylic acids is 1. The lowest BCUT2D eigenvalue weighted by atomic mass is 10.1. The van der Waals surface area contributed by atoms with Crippen LogP contribution in [-0.4, -0.2) is 37.4 Å². The second-order valence-corrected chi connectivity index (χ2v) is 11.2. The van der Waals surface area contributed by atoms with E-state index >= 15 is 0 Å². The van der Waals surface area contributed by atoms with Gasteiger partial charge in [-0.3, -0.25) is 0 Å². The highest BCUT2D eigenvalue weighted by molar-refractivity contribution is 7.92. The Labute approximate surface area is 182 Å². The minimum absolute atomic E-state index is 0.0703. The normalized spacial score (nSPS) is 23.7. The topological polar surface area (TPSA) is 98.5 Å². The number of ether oxygens (including phenoxy) is 1. The van der Waals surface area contributed by atoms with Gasteiger partial charge < -0.3 is 15.8 Å². The zero-order valence-corrected chi connectivity index (χ0v) is 19.0. The number of aryl methyl sites for hydroxylation is 1. The molecule has 1 saturated carbocycles. The molecule has 1 amide bonds. The summed E-state index contributed by atoms with van der Waals surface area (Å²) in [6.07, 6.45) is -0.707. The average Bonchev–Trinajstić information content (AvgIpc) is 3.30. The molecule has 0 spiro atoms. The Morgan fingerprint density at radius 1 is 1.20 bits per heavy atom. The van der Waals surface area contributed by atoms with Gasteiger partial charge in [0.15, 0.2) is 9.84 Å². The van der Waals surface area contributed by atoms with Crippen molar-refractivity contribution in [1.29, 1.82) is 0 Å². The van der Waals surface area contributed by atoms with Crippen LogP contribution in [0, 0.1) is 6.92 Å². The summed E-state index contributed by atoms with van der Waals surface area (Å²) < 4.78 is 32.4. The maximum absolute atomic E-state index is 13.5. The molecule has 162 valence electrons. The number of sulfone groups is 1. The number of hydrogen-bond acceptors (Lipinski definition) is 5. The molecule has 3 N–H and O–H groups in total. The molecule has 0 unspecified atom stereocenters. The molecular formula is C22H27ClN2O4S. The largest absolute Gasteiger partial charge is 0.444 e. The number of amides is 1. The number of benzene rings is 2. The first-order valence-electron chi connectivity index (χ1n) is 9.68. The fraction of sp³-hybridized carbons (Fsp3) is 0.409. The molecule has 1 fully saturated rings. The number of hydrogen-bond donors (Lipinski definition) is 2. The quantitative estimate of drug-likeness (QED) is 0.721. The third-order valence-corrected chi connectivity index (χ3v) is 7.75. The van der Waals surface area contributed by atoms with Crippen LogP contribution in [0.15, 0.2) is 53.4 Å². The van der Waals surface area contributed by atoms with Crippen molar-refractivity contribution in [3.05, 3.63) is 64.7 Å². The zero-order valence-electron chi connectivity index (χ0n) is 17.5. The van der Waals surface area contributed by atoms with Crippen LogP contribution < -0.4 is 11.1 Å². The Morgan fingerprint density at radius 3 is 2.37 bits per heavy atom. The number of halogens is 1. The van der Waals surface area contributed by atoms with Crippen LogP contribution in [0.25, 0.3) is 0 Å². The smallest absolute Gasteiger partial charge is 0.408 e. The molecule has 1 aliphatic carbocycles. The van der Waals surface area contributed by atoms with E-state index in [2.05, 4.69) is 5.32 Å². The Morgan fingerprint density at radius 2 is 1.83 bits per heavy atom. The summed E-state index contributed by atoms with van der Waals surface area (Å²) >= 11 is 6.15. The van der Waals surface area contributed by atoms with E-state index in [0.717, 1.165) is 5.56 Å². The molecule has 0 bridgehead atoms. The first-order chi connectivity index (χ1) is 13.9. The average molecular weight is 451 g/mol. The van der Waals surface area contributed by atoms with Gasteiger partial charge in [0.25, 0.3) is 0 Å². The number of nitrogens with one attached hydrogen (secondary N) is 1. The summed E-state index contributed by atoms with van der Waals surface area (Å²) in [5, 5.41) is 2.31. The van der Waals surface area contributed by atoms with Crippen LogP contribution in [0.5, 0.6) is 0 Å². The van der Waals surface area contributed by atoms with Gasteiger partial charge in [0.2, 0.25) is 0 Å². The molecule has 0 radical (unpaired) electrons. The lowest BCUT2D eigenvalue weighted by molar-refractivity contribution is 0.0497. The molecule has 2 aromatic rings. The summed E-state index contributed by atoms with van der Waals surface area (Å²) in [4.78, 5) is 12.7. The first kappa shape index (κ1) is 22.6. The van der Waals surface area contributed by atoms with Gasteiger partial charge in [-0.25, -0.2) is 13.2 Å². The molecule has 0 aliphatic heterocycles. The highest BCUT2D eigenvalue weighted by Crippen LogP contribution is 2.57. The van der Waals surface area contributed by atoms with Gasteiger partial charge in [0, 0.05) is 17.5 Å². The van der Waals surface area contributed by atoms with Crippen LogP contribution in [0.4, 0.5) is 4.79 Å². The summed E-state index contributed by atoms with van der Waals surface area (Å²) in [5.41, 5.74) is 5.79. The van der Waals surface area contributed by atoms with E-state index in [0.29, 0.717) is 10.6 Å².